The SMILES string of the molecule is CCCN(C)c1nc2c(C(C)Nc3cccc(Cl)c3S(C)(=O)=O)cc(C)cc2c(=O)n1C. The molecule has 2 aromatic carbocycles. The second-order valence-electron chi connectivity index (χ2n) is 8.20. The summed E-state index contributed by atoms with van der Waals surface area (Å²) in [5, 5.41) is 3.96. The minimum Gasteiger partial charge on any atom is -0.377 e. The lowest BCUT2D eigenvalue weighted by Gasteiger charge is -2.23. The van der Waals surface area contributed by atoms with Crippen molar-refractivity contribution < 1.29 is 8.42 Å². The molecule has 0 bridgehead atoms. The highest BCUT2D eigenvalue weighted by molar-refractivity contribution is 7.91. The predicted molar refractivity (Wildman–Crippen MR) is 132 cm³/mol. The molecule has 3 rings (SSSR count). The summed E-state index contributed by atoms with van der Waals surface area (Å²) in [6.07, 6.45) is 2.05. The summed E-state index contributed by atoms with van der Waals surface area (Å²) in [6, 6.07) is 8.42. The second-order valence-corrected chi connectivity index (χ2v) is 10.6. The Morgan fingerprint density at radius 3 is 2.59 bits per heavy atom. The van der Waals surface area contributed by atoms with E-state index in [2.05, 4.69) is 12.2 Å². The van der Waals surface area contributed by atoms with Crippen LogP contribution in [0.15, 0.2) is 40.0 Å². The molecule has 0 aliphatic rings. The number of hydrogen-bond acceptors (Lipinski definition) is 6. The molecule has 7 nitrogen and oxygen atoms in total. The van der Waals surface area contributed by atoms with Crippen LogP contribution in [0.4, 0.5) is 11.6 Å². The number of sulfone groups is 1. The molecule has 0 radical (unpaired) electrons. The van der Waals surface area contributed by atoms with Crippen molar-refractivity contribution in [2.75, 3.05) is 30.1 Å². The molecule has 32 heavy (non-hydrogen) atoms. The lowest BCUT2D eigenvalue weighted by molar-refractivity contribution is 0.602. The number of rotatable bonds is 7. The fourth-order valence-corrected chi connectivity index (χ4v) is 5.50. The Bertz CT molecular complexity index is 1340. The first kappa shape index (κ1) is 24.1. The standard InChI is InChI=1S/C23H29ClN4O3S/c1-7-11-27(4)23-26-20-16(12-14(2)13-17(20)22(29)28(23)5)15(3)25-19-10-8-9-18(24)21(19)32(6,30)31/h8-10,12-13,15,25H,7,11H2,1-6H3. The minimum absolute atomic E-state index is 0.0534. The van der Waals surface area contributed by atoms with Gasteiger partial charge in [-0.05, 0) is 44.0 Å². The number of aromatic nitrogens is 2. The highest BCUT2D eigenvalue weighted by atomic mass is 35.5. The highest BCUT2D eigenvalue weighted by Crippen LogP contribution is 2.33. The monoisotopic (exact) mass is 476 g/mol. The van der Waals surface area contributed by atoms with Gasteiger partial charge in [0.2, 0.25) is 5.95 Å². The number of nitrogens with zero attached hydrogens (tertiary/aromatic N) is 3. The van der Waals surface area contributed by atoms with Crippen LogP contribution < -0.4 is 15.8 Å². The van der Waals surface area contributed by atoms with Crippen LogP contribution >= 0.6 is 11.6 Å². The van der Waals surface area contributed by atoms with Crippen molar-refractivity contribution in [2.45, 2.75) is 38.1 Å². The molecule has 0 spiro atoms. The van der Waals surface area contributed by atoms with Crippen LogP contribution in [-0.4, -0.2) is 37.8 Å². The van der Waals surface area contributed by atoms with Gasteiger partial charge in [-0.1, -0.05) is 30.7 Å². The summed E-state index contributed by atoms with van der Waals surface area (Å²) in [5.41, 5.74) is 2.62. The molecule has 0 fully saturated rings. The molecular formula is C23H29ClN4O3S. The van der Waals surface area contributed by atoms with E-state index in [1.54, 1.807) is 29.8 Å². The average molecular weight is 477 g/mol. The lowest BCUT2D eigenvalue weighted by atomic mass is 10.0. The maximum absolute atomic E-state index is 13.2. The number of hydrogen-bond donors (Lipinski definition) is 1. The first-order chi connectivity index (χ1) is 15.0. The van der Waals surface area contributed by atoms with Gasteiger partial charge in [0.25, 0.3) is 5.56 Å². The van der Waals surface area contributed by atoms with Crippen molar-refractivity contribution in [2.24, 2.45) is 7.05 Å². The van der Waals surface area contributed by atoms with E-state index in [0.29, 0.717) is 22.5 Å². The maximum Gasteiger partial charge on any atom is 0.262 e. The van der Waals surface area contributed by atoms with Gasteiger partial charge in [0, 0.05) is 32.5 Å². The van der Waals surface area contributed by atoms with Gasteiger partial charge in [-0.2, -0.15) is 0 Å². The molecule has 1 aromatic heterocycles. The smallest absolute Gasteiger partial charge is 0.262 e. The normalized spacial score (nSPS) is 12.7. The third-order valence-electron chi connectivity index (χ3n) is 5.41. The maximum atomic E-state index is 13.2. The number of benzene rings is 2. The molecule has 0 saturated carbocycles. The lowest BCUT2D eigenvalue weighted by Crippen LogP contribution is -2.29. The van der Waals surface area contributed by atoms with E-state index in [1.165, 1.54) is 0 Å². The van der Waals surface area contributed by atoms with Crippen LogP contribution in [0, 0.1) is 6.92 Å². The topological polar surface area (TPSA) is 84.3 Å². The number of anilines is 2. The largest absolute Gasteiger partial charge is 0.377 e. The molecule has 1 N–H and O–H groups in total. The van der Waals surface area contributed by atoms with E-state index in [0.717, 1.165) is 30.3 Å². The molecule has 1 unspecified atom stereocenters. The van der Waals surface area contributed by atoms with Crippen LogP contribution in [-0.2, 0) is 16.9 Å². The molecule has 1 heterocycles. The zero-order valence-electron chi connectivity index (χ0n) is 19.2. The Labute approximate surface area is 194 Å². The van der Waals surface area contributed by atoms with Crippen LogP contribution in [0.25, 0.3) is 10.9 Å². The van der Waals surface area contributed by atoms with Crippen LogP contribution in [0.3, 0.4) is 0 Å². The van der Waals surface area contributed by atoms with Gasteiger partial charge in [0.05, 0.1) is 27.7 Å². The molecule has 0 aliphatic carbocycles. The molecule has 0 aliphatic heterocycles. The first-order valence-electron chi connectivity index (χ1n) is 10.4. The Balaban J connectivity index is 2.19. The van der Waals surface area contributed by atoms with E-state index in [-0.39, 0.29) is 21.5 Å². The van der Waals surface area contributed by atoms with Crippen LogP contribution in [0.2, 0.25) is 5.02 Å². The van der Waals surface area contributed by atoms with Gasteiger partial charge in [0.1, 0.15) is 4.90 Å². The van der Waals surface area contributed by atoms with Gasteiger partial charge >= 0.3 is 0 Å². The fraction of sp³-hybridized carbons (Fsp3) is 0.391. The molecule has 3 aromatic rings. The third-order valence-corrected chi connectivity index (χ3v) is 7.02. The van der Waals surface area contributed by atoms with Gasteiger partial charge in [-0.3, -0.25) is 9.36 Å². The van der Waals surface area contributed by atoms with E-state index in [4.69, 9.17) is 16.6 Å². The number of fused-ring (bicyclic) bond motifs is 1. The van der Waals surface area contributed by atoms with Crippen molar-refractivity contribution in [3.63, 3.8) is 0 Å². The van der Waals surface area contributed by atoms with Gasteiger partial charge in [-0.25, -0.2) is 13.4 Å². The van der Waals surface area contributed by atoms with Crippen molar-refractivity contribution >= 4 is 44.0 Å². The third kappa shape index (κ3) is 4.61. The molecule has 9 heteroatoms. The average Bonchev–Trinajstić information content (AvgIpc) is 2.69. The minimum atomic E-state index is -3.55. The predicted octanol–water partition coefficient (Wildman–Crippen LogP) is 4.32. The van der Waals surface area contributed by atoms with Crippen molar-refractivity contribution in [1.82, 2.24) is 9.55 Å². The van der Waals surface area contributed by atoms with Crippen LogP contribution in [0.5, 0.6) is 0 Å². The number of halogens is 1. The summed E-state index contributed by atoms with van der Waals surface area (Å²) in [6.45, 7) is 6.67. The zero-order chi connectivity index (χ0) is 23.8. The van der Waals surface area contributed by atoms with Gasteiger partial charge in [0.15, 0.2) is 9.84 Å². The Morgan fingerprint density at radius 1 is 1.28 bits per heavy atom. The quantitative estimate of drug-likeness (QED) is 0.546. The van der Waals surface area contributed by atoms with E-state index < -0.39 is 9.84 Å². The van der Waals surface area contributed by atoms with Crippen molar-refractivity contribution in [3.05, 3.63) is 56.8 Å². The molecule has 1 atom stereocenters. The summed E-state index contributed by atoms with van der Waals surface area (Å²) in [7, 11) is 0.0909. The summed E-state index contributed by atoms with van der Waals surface area (Å²) >= 11 is 6.21. The Morgan fingerprint density at radius 2 is 1.97 bits per heavy atom. The van der Waals surface area contributed by atoms with E-state index in [1.807, 2.05) is 37.9 Å². The van der Waals surface area contributed by atoms with Gasteiger partial charge < -0.3 is 10.2 Å². The Kier molecular flexibility index (Phi) is 6.86. The molecule has 0 amide bonds. The van der Waals surface area contributed by atoms with E-state index >= 15 is 0 Å². The summed E-state index contributed by atoms with van der Waals surface area (Å²) < 4.78 is 26.2. The fourth-order valence-electron chi connectivity index (χ4n) is 3.96. The first-order valence-corrected chi connectivity index (χ1v) is 12.7. The highest BCUT2D eigenvalue weighted by Gasteiger charge is 2.22. The van der Waals surface area contributed by atoms with Crippen molar-refractivity contribution in [1.29, 1.82) is 0 Å². The summed E-state index contributed by atoms with van der Waals surface area (Å²) in [4.78, 5) is 20.0. The summed E-state index contributed by atoms with van der Waals surface area (Å²) in [5.74, 6) is 0.584. The van der Waals surface area contributed by atoms with Crippen molar-refractivity contribution in [3.8, 4) is 0 Å². The Hall–Kier alpha value is -2.58. The second kappa shape index (κ2) is 9.11. The molecular weight excluding hydrogens is 448 g/mol. The molecule has 172 valence electrons. The van der Waals surface area contributed by atoms with E-state index in [9.17, 15) is 13.2 Å². The van der Waals surface area contributed by atoms with Gasteiger partial charge in [-0.15, -0.1) is 0 Å². The zero-order valence-corrected chi connectivity index (χ0v) is 20.8. The van der Waals surface area contributed by atoms with Crippen LogP contribution in [0.1, 0.15) is 37.4 Å². The number of aryl methyl sites for hydroxylation is 1. The number of nitrogens with one attached hydrogen (secondary N) is 1. The molecule has 0 saturated heterocycles.